The first-order valence-electron chi connectivity index (χ1n) is 13.4. The van der Waals surface area contributed by atoms with Crippen molar-refractivity contribution in [3.05, 3.63) is 82.9 Å². The van der Waals surface area contributed by atoms with Crippen molar-refractivity contribution in [1.82, 2.24) is 0 Å². The molecule has 5 rings (SSSR count). The Morgan fingerprint density at radius 1 is 0.946 bits per heavy atom. The Morgan fingerprint density at radius 3 is 2.27 bits per heavy atom. The van der Waals surface area contributed by atoms with Crippen molar-refractivity contribution in [2.75, 3.05) is 6.61 Å². The number of carbonyl (C=O) groups excluding carboxylic acids is 2. The summed E-state index contributed by atoms with van der Waals surface area (Å²) in [6.45, 7) is 12.1. The van der Waals surface area contributed by atoms with E-state index in [1.54, 1.807) is 12.1 Å². The predicted molar refractivity (Wildman–Crippen MR) is 146 cm³/mol. The van der Waals surface area contributed by atoms with Gasteiger partial charge in [0.1, 0.15) is 0 Å². The fourth-order valence-corrected chi connectivity index (χ4v) is 6.88. The summed E-state index contributed by atoms with van der Waals surface area (Å²) in [6, 6.07) is 17.3. The Bertz CT molecular complexity index is 1200. The number of rotatable bonds is 6. The lowest BCUT2D eigenvalue weighted by molar-refractivity contribution is -0.110. The number of ketones is 2. The number of carbonyl (C=O) groups is 2. The van der Waals surface area contributed by atoms with E-state index in [1.165, 1.54) is 0 Å². The molecule has 0 aromatic heterocycles. The van der Waals surface area contributed by atoms with Gasteiger partial charge in [-0.2, -0.15) is 0 Å². The molecule has 1 saturated heterocycles. The molecule has 2 aliphatic carbocycles. The van der Waals surface area contributed by atoms with Crippen molar-refractivity contribution >= 4 is 19.9 Å². The van der Waals surface area contributed by atoms with E-state index < -0.39 is 26.3 Å². The normalized spacial score (nSPS) is 27.7. The van der Waals surface area contributed by atoms with Gasteiger partial charge in [0, 0.05) is 23.5 Å². The van der Waals surface area contributed by atoms with Crippen LogP contribution in [-0.2, 0) is 20.5 Å². The van der Waals surface area contributed by atoms with Crippen molar-refractivity contribution in [2.45, 2.75) is 76.7 Å². The molecule has 1 fully saturated rings. The van der Waals surface area contributed by atoms with E-state index in [2.05, 4.69) is 39.9 Å². The molecule has 3 aliphatic rings. The first-order valence-corrected chi connectivity index (χ1v) is 16.3. The van der Waals surface area contributed by atoms with Crippen molar-refractivity contribution in [3.63, 3.8) is 0 Å². The Hall–Kier alpha value is -2.38. The number of hydrogen-bond donors (Lipinski definition) is 0. The lowest BCUT2D eigenvalue weighted by Gasteiger charge is -2.49. The maximum atomic E-state index is 13.8. The third-order valence-corrected chi connectivity index (χ3v) is 13.1. The molecule has 0 amide bonds. The molecule has 6 heteroatoms. The Morgan fingerprint density at radius 2 is 1.59 bits per heavy atom. The van der Waals surface area contributed by atoms with Gasteiger partial charge in [-0.05, 0) is 35.7 Å². The van der Waals surface area contributed by atoms with Crippen molar-refractivity contribution in [1.29, 1.82) is 0 Å². The largest absolute Gasteiger partial charge is 0.410 e. The van der Waals surface area contributed by atoms with Crippen LogP contribution in [0.4, 0.5) is 0 Å². The summed E-state index contributed by atoms with van der Waals surface area (Å²) in [4.78, 5) is 27.2. The molecule has 5 atom stereocenters. The molecule has 2 aromatic carbocycles. The number of hydrogen-bond acceptors (Lipinski definition) is 5. The molecule has 1 aliphatic heterocycles. The minimum absolute atomic E-state index is 0.00716. The SMILES string of the molecule is CC(C)(C)[Si](C)(C)O[C@@H]1CC(COCc2ccccc2)O[C@@H]2C1=CC[C@@H]1C(=O)c3ccccc3C(=O)[C@@H]12. The molecule has 0 radical (unpaired) electrons. The zero-order chi connectivity index (χ0) is 26.4. The minimum Gasteiger partial charge on any atom is -0.410 e. The summed E-state index contributed by atoms with van der Waals surface area (Å²) in [5, 5.41) is 0.0490. The molecule has 37 heavy (non-hydrogen) atoms. The summed E-state index contributed by atoms with van der Waals surface area (Å²) in [5.41, 5.74) is 3.20. The zero-order valence-electron chi connectivity index (χ0n) is 22.5. The highest BCUT2D eigenvalue weighted by Crippen LogP contribution is 2.47. The Balaban J connectivity index is 1.43. The van der Waals surface area contributed by atoms with E-state index in [4.69, 9.17) is 13.9 Å². The molecule has 5 nitrogen and oxygen atoms in total. The lowest BCUT2D eigenvalue weighted by atomic mass is 9.65. The second kappa shape index (κ2) is 10.1. The molecule has 0 spiro atoms. The van der Waals surface area contributed by atoms with Crippen LogP contribution in [0.25, 0.3) is 0 Å². The molecule has 1 heterocycles. The van der Waals surface area contributed by atoms with Gasteiger partial charge in [-0.3, -0.25) is 9.59 Å². The Labute approximate surface area is 221 Å². The fraction of sp³-hybridized carbons (Fsp3) is 0.484. The second-order valence-electron chi connectivity index (χ2n) is 12.1. The van der Waals surface area contributed by atoms with Crippen molar-refractivity contribution in [2.24, 2.45) is 11.8 Å². The van der Waals surface area contributed by atoms with Gasteiger partial charge >= 0.3 is 0 Å². The van der Waals surface area contributed by atoms with E-state index in [0.29, 0.717) is 37.2 Å². The van der Waals surface area contributed by atoms with E-state index in [9.17, 15) is 9.59 Å². The molecule has 0 bridgehead atoms. The third-order valence-electron chi connectivity index (χ3n) is 8.64. The maximum Gasteiger partial charge on any atom is 0.192 e. The monoisotopic (exact) mass is 518 g/mol. The average Bonchev–Trinajstić information content (AvgIpc) is 2.86. The van der Waals surface area contributed by atoms with Crippen LogP contribution in [-0.4, -0.2) is 44.8 Å². The summed E-state index contributed by atoms with van der Waals surface area (Å²) in [7, 11) is -2.10. The molecular formula is C31H38O5Si. The van der Waals surface area contributed by atoms with Gasteiger partial charge in [-0.1, -0.05) is 81.4 Å². The highest BCUT2D eigenvalue weighted by molar-refractivity contribution is 6.74. The van der Waals surface area contributed by atoms with Crippen LogP contribution in [0, 0.1) is 11.8 Å². The number of allylic oxidation sites excluding steroid dienone is 1. The first kappa shape index (κ1) is 26.2. The van der Waals surface area contributed by atoms with Crippen LogP contribution in [0.15, 0.2) is 66.2 Å². The van der Waals surface area contributed by atoms with Crippen LogP contribution in [0.5, 0.6) is 0 Å². The molecule has 0 N–H and O–H groups in total. The number of Topliss-reactive ketones (excluding diaryl/α,β-unsaturated/α-hetero) is 2. The molecular weight excluding hydrogens is 480 g/mol. The quantitative estimate of drug-likeness (QED) is 0.327. The molecule has 0 saturated carbocycles. The summed E-state index contributed by atoms with van der Waals surface area (Å²) >= 11 is 0. The topological polar surface area (TPSA) is 61.8 Å². The van der Waals surface area contributed by atoms with Gasteiger partial charge < -0.3 is 13.9 Å². The molecule has 196 valence electrons. The van der Waals surface area contributed by atoms with Gasteiger partial charge in [0.15, 0.2) is 19.9 Å². The number of fused-ring (bicyclic) bond motifs is 4. The number of ether oxygens (including phenoxy) is 2. The van der Waals surface area contributed by atoms with Gasteiger partial charge in [0.2, 0.25) is 0 Å². The lowest BCUT2D eigenvalue weighted by Crippen LogP contribution is -2.55. The van der Waals surface area contributed by atoms with E-state index in [0.717, 1.165) is 11.1 Å². The van der Waals surface area contributed by atoms with Crippen molar-refractivity contribution in [3.8, 4) is 0 Å². The highest BCUT2D eigenvalue weighted by atomic mass is 28.4. The van der Waals surface area contributed by atoms with Crippen LogP contribution < -0.4 is 0 Å². The summed E-state index contributed by atoms with van der Waals surface area (Å²) in [6.07, 6.45) is 2.51. The fourth-order valence-electron chi connectivity index (χ4n) is 5.58. The molecule has 2 aromatic rings. The van der Waals surface area contributed by atoms with Gasteiger partial charge in [-0.25, -0.2) is 0 Å². The zero-order valence-corrected chi connectivity index (χ0v) is 23.5. The van der Waals surface area contributed by atoms with E-state index in [1.807, 2.05) is 42.5 Å². The smallest absolute Gasteiger partial charge is 0.192 e. The Kier molecular flexibility index (Phi) is 7.13. The number of benzene rings is 2. The maximum absolute atomic E-state index is 13.8. The average molecular weight is 519 g/mol. The van der Waals surface area contributed by atoms with Crippen LogP contribution in [0.3, 0.4) is 0 Å². The van der Waals surface area contributed by atoms with Crippen LogP contribution in [0.1, 0.15) is 59.9 Å². The van der Waals surface area contributed by atoms with Crippen molar-refractivity contribution < 1.29 is 23.5 Å². The molecule has 1 unspecified atom stereocenters. The second-order valence-corrected chi connectivity index (χ2v) is 16.9. The summed E-state index contributed by atoms with van der Waals surface area (Å²) < 4.78 is 19.7. The van der Waals surface area contributed by atoms with Gasteiger partial charge in [0.25, 0.3) is 0 Å². The van der Waals surface area contributed by atoms with Crippen LogP contribution in [0.2, 0.25) is 18.1 Å². The third kappa shape index (κ3) is 5.04. The van der Waals surface area contributed by atoms with E-state index >= 15 is 0 Å². The van der Waals surface area contributed by atoms with E-state index in [-0.39, 0.29) is 28.8 Å². The van der Waals surface area contributed by atoms with Crippen LogP contribution >= 0.6 is 0 Å². The van der Waals surface area contributed by atoms with Gasteiger partial charge in [-0.15, -0.1) is 0 Å². The first-order chi connectivity index (χ1) is 17.6. The van der Waals surface area contributed by atoms with Gasteiger partial charge in [0.05, 0.1) is 37.4 Å². The highest BCUT2D eigenvalue weighted by Gasteiger charge is 2.53. The summed E-state index contributed by atoms with van der Waals surface area (Å²) in [5.74, 6) is -0.866. The predicted octanol–water partition coefficient (Wildman–Crippen LogP) is 6.39. The minimum atomic E-state index is -2.10. The standard InChI is InChI=1S/C31H38O5Si/c1-31(2,3)37(4,5)36-26-17-21(19-34-18-20-11-7-6-8-12-20)35-30-24(26)15-16-25-27(30)29(33)23-14-10-9-13-22(23)28(25)32/h6-15,21,25-27,30H,16-19H2,1-5H3/t21?,25-,26+,27+,30+/m0/s1.